The third-order valence-electron chi connectivity index (χ3n) is 1.82. The van der Waals surface area contributed by atoms with Crippen LogP contribution >= 0.6 is 0 Å². The molecule has 3 heteroatoms. The summed E-state index contributed by atoms with van der Waals surface area (Å²) in [4.78, 5) is 0. The molecule has 2 saturated heterocycles. The van der Waals surface area contributed by atoms with Gasteiger partial charge in [0.25, 0.3) is 0 Å². The Kier molecular flexibility index (Phi) is 1.41. The second-order valence-corrected chi connectivity index (χ2v) is 2.44. The highest BCUT2D eigenvalue weighted by Crippen LogP contribution is 2.15. The number of hydrogen-bond acceptors (Lipinski definition) is 3. The van der Waals surface area contributed by atoms with Crippen LogP contribution in [-0.4, -0.2) is 32.1 Å². The molecular weight excluding hydrogens is 118 g/mol. The lowest BCUT2D eigenvalue weighted by atomic mass is 10.3. The Hall–Kier alpha value is -0.120. The molecule has 0 saturated carbocycles. The van der Waals surface area contributed by atoms with Crippen molar-refractivity contribution in [3.8, 4) is 0 Å². The fourth-order valence-corrected chi connectivity index (χ4v) is 1.36. The summed E-state index contributed by atoms with van der Waals surface area (Å²) in [7, 11) is 0. The van der Waals surface area contributed by atoms with Crippen molar-refractivity contribution >= 4 is 0 Å². The number of hydrogen-bond donors (Lipinski definition) is 1. The lowest BCUT2D eigenvalue weighted by Gasteiger charge is -2.25. The van der Waals surface area contributed by atoms with E-state index in [0.29, 0.717) is 6.10 Å². The van der Waals surface area contributed by atoms with E-state index in [1.54, 1.807) is 0 Å². The molecule has 0 aromatic heterocycles. The maximum atomic E-state index is 5.41. The Bertz CT molecular complexity index is 95.2. The minimum Gasteiger partial charge on any atom is -0.372 e. The Morgan fingerprint density at radius 3 is 3.00 bits per heavy atom. The number of nitrogens with one attached hydrogen (secondary N) is 1. The van der Waals surface area contributed by atoms with Gasteiger partial charge in [-0.1, -0.05) is 0 Å². The van der Waals surface area contributed by atoms with Crippen molar-refractivity contribution in [3.05, 3.63) is 0 Å². The molecule has 52 valence electrons. The maximum absolute atomic E-state index is 5.41. The van der Waals surface area contributed by atoms with E-state index >= 15 is 0 Å². The van der Waals surface area contributed by atoms with Gasteiger partial charge in [0.05, 0.1) is 19.3 Å². The molecule has 0 aromatic rings. The highest BCUT2D eigenvalue weighted by atomic mass is 16.6. The zero-order valence-electron chi connectivity index (χ0n) is 5.30. The van der Waals surface area contributed by atoms with Crippen LogP contribution in [0.2, 0.25) is 0 Å². The molecule has 2 heterocycles. The monoisotopic (exact) mass is 129 g/mol. The average molecular weight is 129 g/mol. The van der Waals surface area contributed by atoms with Crippen molar-refractivity contribution in [1.29, 1.82) is 0 Å². The summed E-state index contributed by atoms with van der Waals surface area (Å²) < 4.78 is 10.8. The van der Waals surface area contributed by atoms with Crippen LogP contribution in [-0.2, 0) is 9.47 Å². The minimum atomic E-state index is 0.193. The van der Waals surface area contributed by atoms with Crippen LogP contribution in [0.4, 0.5) is 0 Å². The maximum Gasteiger partial charge on any atom is 0.134 e. The standard InChI is InChI=1S/C6H11NO2/c1-2-7-6-5(1)8-3-4-9-6/h5-7H,1-4H2/t5-,6+/m0/s1. The van der Waals surface area contributed by atoms with E-state index in [-0.39, 0.29) is 6.23 Å². The van der Waals surface area contributed by atoms with Gasteiger partial charge in [0, 0.05) is 6.54 Å². The van der Waals surface area contributed by atoms with E-state index in [1.165, 1.54) is 0 Å². The third-order valence-corrected chi connectivity index (χ3v) is 1.82. The van der Waals surface area contributed by atoms with Gasteiger partial charge in [0.2, 0.25) is 0 Å². The smallest absolute Gasteiger partial charge is 0.134 e. The van der Waals surface area contributed by atoms with E-state index in [9.17, 15) is 0 Å². The first-order valence-electron chi connectivity index (χ1n) is 3.43. The highest BCUT2D eigenvalue weighted by molar-refractivity contribution is 4.79. The molecule has 0 aliphatic carbocycles. The van der Waals surface area contributed by atoms with Crippen molar-refractivity contribution in [2.24, 2.45) is 0 Å². The van der Waals surface area contributed by atoms with Crippen LogP contribution < -0.4 is 5.32 Å². The van der Waals surface area contributed by atoms with Crippen molar-refractivity contribution in [3.63, 3.8) is 0 Å². The summed E-state index contributed by atoms with van der Waals surface area (Å²) in [6.07, 6.45) is 1.63. The number of ether oxygens (including phenoxy) is 2. The topological polar surface area (TPSA) is 30.5 Å². The molecule has 0 aromatic carbocycles. The van der Waals surface area contributed by atoms with E-state index < -0.39 is 0 Å². The third kappa shape index (κ3) is 0.956. The van der Waals surface area contributed by atoms with Gasteiger partial charge < -0.3 is 9.47 Å². The molecule has 2 aliphatic rings. The van der Waals surface area contributed by atoms with Gasteiger partial charge in [-0.3, -0.25) is 5.32 Å². The molecule has 1 N–H and O–H groups in total. The lowest BCUT2D eigenvalue weighted by Crippen LogP contribution is -2.40. The minimum absolute atomic E-state index is 0.193. The fourth-order valence-electron chi connectivity index (χ4n) is 1.36. The summed E-state index contributed by atoms with van der Waals surface area (Å²) in [5, 5.41) is 3.21. The Labute approximate surface area is 54.3 Å². The van der Waals surface area contributed by atoms with Gasteiger partial charge in [-0.05, 0) is 6.42 Å². The fraction of sp³-hybridized carbons (Fsp3) is 1.00. The molecule has 3 nitrogen and oxygen atoms in total. The first-order chi connectivity index (χ1) is 4.47. The van der Waals surface area contributed by atoms with E-state index in [4.69, 9.17) is 9.47 Å². The van der Waals surface area contributed by atoms with Crippen molar-refractivity contribution in [1.82, 2.24) is 5.32 Å². The summed E-state index contributed by atoms with van der Waals surface area (Å²) in [6, 6.07) is 0. The van der Waals surface area contributed by atoms with Crippen LogP contribution in [0.5, 0.6) is 0 Å². The molecule has 0 unspecified atom stereocenters. The van der Waals surface area contributed by atoms with Gasteiger partial charge >= 0.3 is 0 Å². The summed E-state index contributed by atoms with van der Waals surface area (Å²) in [6.45, 7) is 2.55. The molecule has 2 aliphatic heterocycles. The van der Waals surface area contributed by atoms with Crippen molar-refractivity contribution in [2.75, 3.05) is 19.8 Å². The molecular formula is C6H11NO2. The normalized spacial score (nSPS) is 42.7. The van der Waals surface area contributed by atoms with Crippen LogP contribution in [0.25, 0.3) is 0 Å². The molecule has 2 fully saturated rings. The molecule has 2 atom stereocenters. The first-order valence-corrected chi connectivity index (χ1v) is 3.43. The SMILES string of the molecule is C1C[C@@H]2OCCO[C@H]2N1. The molecule has 9 heavy (non-hydrogen) atoms. The Morgan fingerprint density at radius 1 is 1.22 bits per heavy atom. The predicted octanol–water partition coefficient (Wildman–Crippen LogP) is -0.279. The molecule has 0 radical (unpaired) electrons. The Balaban J connectivity index is 1.97. The predicted molar refractivity (Wildman–Crippen MR) is 32.1 cm³/mol. The molecule has 0 amide bonds. The van der Waals surface area contributed by atoms with Crippen molar-refractivity contribution < 1.29 is 9.47 Å². The number of fused-ring (bicyclic) bond motifs is 1. The molecule has 2 rings (SSSR count). The van der Waals surface area contributed by atoms with Crippen molar-refractivity contribution in [2.45, 2.75) is 18.8 Å². The van der Waals surface area contributed by atoms with Gasteiger partial charge in [0.15, 0.2) is 0 Å². The van der Waals surface area contributed by atoms with Gasteiger partial charge in [-0.25, -0.2) is 0 Å². The summed E-state index contributed by atoms with van der Waals surface area (Å²) in [5.74, 6) is 0. The van der Waals surface area contributed by atoms with Gasteiger partial charge in [-0.15, -0.1) is 0 Å². The van der Waals surface area contributed by atoms with Crippen LogP contribution in [0, 0.1) is 0 Å². The van der Waals surface area contributed by atoms with E-state index in [1.807, 2.05) is 0 Å². The van der Waals surface area contributed by atoms with E-state index in [2.05, 4.69) is 5.32 Å². The van der Waals surface area contributed by atoms with Gasteiger partial charge in [0.1, 0.15) is 6.23 Å². The second kappa shape index (κ2) is 2.25. The van der Waals surface area contributed by atoms with E-state index in [0.717, 1.165) is 26.2 Å². The zero-order valence-corrected chi connectivity index (χ0v) is 5.30. The quantitative estimate of drug-likeness (QED) is 0.488. The van der Waals surface area contributed by atoms with Crippen LogP contribution in [0.1, 0.15) is 6.42 Å². The van der Waals surface area contributed by atoms with Gasteiger partial charge in [-0.2, -0.15) is 0 Å². The lowest BCUT2D eigenvalue weighted by molar-refractivity contribution is -0.131. The largest absolute Gasteiger partial charge is 0.372 e. The second-order valence-electron chi connectivity index (χ2n) is 2.44. The Morgan fingerprint density at radius 2 is 2.11 bits per heavy atom. The molecule has 0 bridgehead atoms. The average Bonchev–Trinajstić information content (AvgIpc) is 2.33. The summed E-state index contributed by atoms with van der Waals surface area (Å²) in [5.41, 5.74) is 0. The van der Waals surface area contributed by atoms with Crippen LogP contribution in [0.3, 0.4) is 0 Å². The zero-order chi connectivity index (χ0) is 6.10. The summed E-state index contributed by atoms with van der Waals surface area (Å²) >= 11 is 0. The molecule has 0 spiro atoms. The number of rotatable bonds is 0. The highest BCUT2D eigenvalue weighted by Gasteiger charge is 2.30. The van der Waals surface area contributed by atoms with Crippen LogP contribution in [0.15, 0.2) is 0 Å². The first kappa shape index (κ1) is 5.65.